The van der Waals surface area contributed by atoms with Gasteiger partial charge in [-0.1, -0.05) is 0 Å². The number of amides is 1. The van der Waals surface area contributed by atoms with E-state index in [9.17, 15) is 4.79 Å². The average Bonchev–Trinajstić information content (AvgIpc) is 3.11. The van der Waals surface area contributed by atoms with Crippen LogP contribution in [0.4, 0.5) is 0 Å². The Balaban J connectivity index is 2.01. The van der Waals surface area contributed by atoms with E-state index in [0.29, 0.717) is 47.4 Å². The quantitative estimate of drug-likeness (QED) is 0.668. The second kappa shape index (κ2) is 7.59. The summed E-state index contributed by atoms with van der Waals surface area (Å²) in [6, 6.07) is 7.44. The molecular formula is C20H20ClN5O2. The van der Waals surface area contributed by atoms with Crippen molar-refractivity contribution in [3.8, 4) is 28.3 Å². The average molecular weight is 398 g/mol. The Labute approximate surface area is 167 Å². The molecule has 4 rings (SSSR count). The van der Waals surface area contributed by atoms with Gasteiger partial charge in [0.2, 0.25) is 0 Å². The fourth-order valence-electron chi connectivity index (χ4n) is 3.37. The van der Waals surface area contributed by atoms with Crippen LogP contribution in [0.2, 0.25) is 0 Å². The summed E-state index contributed by atoms with van der Waals surface area (Å²) >= 11 is 5.80. The summed E-state index contributed by atoms with van der Waals surface area (Å²) in [5.41, 5.74) is 4.03. The van der Waals surface area contributed by atoms with E-state index in [0.717, 1.165) is 11.3 Å². The molecule has 0 fully saturated rings. The number of nitrogens with one attached hydrogen (secondary N) is 1. The summed E-state index contributed by atoms with van der Waals surface area (Å²) in [4.78, 5) is 21.7. The molecule has 1 atom stereocenters. The highest BCUT2D eigenvalue weighted by Gasteiger charge is 2.33. The highest BCUT2D eigenvalue weighted by Crippen LogP contribution is 2.40. The molecular weight excluding hydrogens is 378 g/mol. The first-order valence-corrected chi connectivity index (χ1v) is 9.62. The first-order chi connectivity index (χ1) is 13.6. The summed E-state index contributed by atoms with van der Waals surface area (Å²) in [5.74, 6) is 0.738. The van der Waals surface area contributed by atoms with Gasteiger partial charge < -0.3 is 10.1 Å². The number of fused-ring (bicyclic) bond motifs is 1. The van der Waals surface area contributed by atoms with Gasteiger partial charge in [0, 0.05) is 30.2 Å². The van der Waals surface area contributed by atoms with Gasteiger partial charge in [-0.2, -0.15) is 5.10 Å². The van der Waals surface area contributed by atoms with Crippen LogP contribution in [0.5, 0.6) is 5.75 Å². The van der Waals surface area contributed by atoms with Crippen LogP contribution in [0, 0.1) is 6.92 Å². The molecule has 0 bridgehead atoms. The summed E-state index contributed by atoms with van der Waals surface area (Å²) in [6.07, 6.45) is 3.41. The molecule has 28 heavy (non-hydrogen) atoms. The SMILES string of the molecule is Cc1ncccc1-c1nn2c(c1-c1ncccc1OCCCl)C(=O)NC[C@@H]2C. The van der Waals surface area contributed by atoms with Crippen LogP contribution in [0.1, 0.15) is 29.1 Å². The highest BCUT2D eigenvalue weighted by molar-refractivity contribution is 6.18. The Morgan fingerprint density at radius 3 is 2.82 bits per heavy atom. The van der Waals surface area contributed by atoms with Crippen molar-refractivity contribution in [3.05, 3.63) is 48.0 Å². The third-order valence-corrected chi connectivity index (χ3v) is 4.86. The number of aryl methyl sites for hydroxylation is 1. The van der Waals surface area contributed by atoms with Gasteiger partial charge in [-0.25, -0.2) is 0 Å². The number of nitrogens with zero attached hydrogens (tertiary/aromatic N) is 4. The molecule has 0 spiro atoms. The van der Waals surface area contributed by atoms with E-state index in [4.69, 9.17) is 21.4 Å². The van der Waals surface area contributed by atoms with Crippen molar-refractivity contribution < 1.29 is 9.53 Å². The van der Waals surface area contributed by atoms with E-state index in [1.807, 2.05) is 32.0 Å². The maximum Gasteiger partial charge on any atom is 0.270 e. The van der Waals surface area contributed by atoms with Crippen LogP contribution < -0.4 is 10.1 Å². The second-order valence-corrected chi connectivity index (χ2v) is 6.98. The molecule has 0 unspecified atom stereocenters. The number of rotatable bonds is 5. The van der Waals surface area contributed by atoms with Crippen LogP contribution in [0.25, 0.3) is 22.5 Å². The summed E-state index contributed by atoms with van der Waals surface area (Å²) in [6.45, 7) is 4.80. The molecule has 144 valence electrons. The highest BCUT2D eigenvalue weighted by atomic mass is 35.5. The summed E-state index contributed by atoms with van der Waals surface area (Å²) in [7, 11) is 0. The predicted octanol–water partition coefficient (Wildman–Crippen LogP) is 3.24. The van der Waals surface area contributed by atoms with Crippen LogP contribution in [-0.4, -0.2) is 44.7 Å². The van der Waals surface area contributed by atoms with Gasteiger partial charge >= 0.3 is 0 Å². The van der Waals surface area contributed by atoms with Crippen LogP contribution >= 0.6 is 11.6 Å². The molecule has 0 aromatic carbocycles. The van der Waals surface area contributed by atoms with Gasteiger partial charge in [0.1, 0.15) is 29.4 Å². The second-order valence-electron chi connectivity index (χ2n) is 6.60. The van der Waals surface area contributed by atoms with E-state index < -0.39 is 0 Å². The normalized spacial score (nSPS) is 15.8. The van der Waals surface area contributed by atoms with Gasteiger partial charge in [0.25, 0.3) is 5.91 Å². The molecule has 0 saturated heterocycles. The fraction of sp³-hybridized carbons (Fsp3) is 0.300. The number of carbonyl (C=O) groups excluding carboxylic acids is 1. The summed E-state index contributed by atoms with van der Waals surface area (Å²) in [5, 5.41) is 7.74. The molecule has 0 saturated carbocycles. The molecule has 1 aliphatic rings. The maximum absolute atomic E-state index is 12.8. The van der Waals surface area contributed by atoms with Crippen molar-refractivity contribution in [1.82, 2.24) is 25.1 Å². The van der Waals surface area contributed by atoms with Gasteiger partial charge in [0.15, 0.2) is 0 Å². The van der Waals surface area contributed by atoms with Crippen LogP contribution in [0.15, 0.2) is 36.7 Å². The minimum atomic E-state index is -0.178. The van der Waals surface area contributed by atoms with Crippen molar-refractivity contribution in [2.75, 3.05) is 19.0 Å². The molecule has 3 aromatic heterocycles. The lowest BCUT2D eigenvalue weighted by atomic mass is 10.00. The molecule has 1 amide bonds. The van der Waals surface area contributed by atoms with Crippen molar-refractivity contribution in [2.45, 2.75) is 19.9 Å². The summed E-state index contributed by atoms with van der Waals surface area (Å²) < 4.78 is 7.58. The van der Waals surface area contributed by atoms with E-state index >= 15 is 0 Å². The van der Waals surface area contributed by atoms with Gasteiger partial charge in [-0.3, -0.25) is 19.4 Å². The monoisotopic (exact) mass is 397 g/mol. The van der Waals surface area contributed by atoms with E-state index in [1.54, 1.807) is 23.1 Å². The zero-order chi connectivity index (χ0) is 19.7. The van der Waals surface area contributed by atoms with E-state index in [-0.39, 0.29) is 11.9 Å². The number of hydrogen-bond acceptors (Lipinski definition) is 5. The lowest BCUT2D eigenvalue weighted by molar-refractivity contribution is 0.0913. The Morgan fingerprint density at radius 1 is 1.25 bits per heavy atom. The number of pyridine rings is 2. The molecule has 4 heterocycles. The Kier molecular flexibility index (Phi) is 5.00. The number of ether oxygens (including phenoxy) is 1. The number of carbonyl (C=O) groups is 1. The van der Waals surface area contributed by atoms with Crippen LogP contribution in [0.3, 0.4) is 0 Å². The molecule has 3 aromatic rings. The molecule has 1 N–H and O–H groups in total. The molecule has 1 aliphatic heterocycles. The van der Waals surface area contributed by atoms with Gasteiger partial charge in [-0.15, -0.1) is 11.6 Å². The van der Waals surface area contributed by atoms with Gasteiger partial charge in [0.05, 0.1) is 17.5 Å². The fourth-order valence-corrected chi connectivity index (χ4v) is 3.45. The lowest BCUT2D eigenvalue weighted by Gasteiger charge is -2.22. The third kappa shape index (κ3) is 3.11. The zero-order valence-electron chi connectivity index (χ0n) is 15.6. The molecule has 0 radical (unpaired) electrons. The largest absolute Gasteiger partial charge is 0.490 e. The van der Waals surface area contributed by atoms with Gasteiger partial charge in [-0.05, 0) is 38.1 Å². The Hall–Kier alpha value is -2.93. The molecule has 7 nitrogen and oxygen atoms in total. The van der Waals surface area contributed by atoms with Crippen molar-refractivity contribution in [2.24, 2.45) is 0 Å². The number of halogens is 1. The Bertz CT molecular complexity index is 1030. The Morgan fingerprint density at radius 2 is 2.04 bits per heavy atom. The lowest BCUT2D eigenvalue weighted by Crippen LogP contribution is -2.38. The first-order valence-electron chi connectivity index (χ1n) is 9.08. The zero-order valence-corrected chi connectivity index (χ0v) is 16.4. The van der Waals surface area contributed by atoms with Crippen molar-refractivity contribution >= 4 is 17.5 Å². The number of aromatic nitrogens is 4. The standard InChI is InChI=1S/C20H20ClN5O2/c1-12-11-24-20(27)19-16(18-15(28-10-7-21)6-4-9-23-18)17(25-26(12)19)14-5-3-8-22-13(14)2/h3-6,8-9,12H,7,10-11H2,1-2H3,(H,24,27)/t12-/m0/s1. The van der Waals surface area contributed by atoms with E-state index in [1.165, 1.54) is 0 Å². The maximum atomic E-state index is 12.8. The molecule has 0 aliphatic carbocycles. The minimum absolute atomic E-state index is 0.0214. The van der Waals surface area contributed by atoms with E-state index in [2.05, 4.69) is 15.3 Å². The minimum Gasteiger partial charge on any atom is -0.490 e. The number of alkyl halides is 1. The topological polar surface area (TPSA) is 81.9 Å². The van der Waals surface area contributed by atoms with Crippen LogP contribution in [-0.2, 0) is 0 Å². The predicted molar refractivity (Wildman–Crippen MR) is 107 cm³/mol. The third-order valence-electron chi connectivity index (χ3n) is 4.71. The first kappa shape index (κ1) is 18.4. The van der Waals surface area contributed by atoms with Crippen molar-refractivity contribution in [1.29, 1.82) is 0 Å². The number of hydrogen-bond donors (Lipinski definition) is 1. The smallest absolute Gasteiger partial charge is 0.270 e. The van der Waals surface area contributed by atoms with Crippen molar-refractivity contribution in [3.63, 3.8) is 0 Å². The molecule has 8 heteroatoms.